The van der Waals surface area contributed by atoms with Crippen molar-refractivity contribution in [1.82, 2.24) is 9.80 Å². The summed E-state index contributed by atoms with van der Waals surface area (Å²) in [5.41, 5.74) is 0.598. The molecule has 8 heteroatoms. The maximum Gasteiger partial charge on any atom is 0.410 e. The Bertz CT molecular complexity index is 924. The molecule has 1 amide bonds. The summed E-state index contributed by atoms with van der Waals surface area (Å²) in [6.45, 7) is 13.7. The Morgan fingerprint density at radius 3 is 2.49 bits per heavy atom. The first kappa shape index (κ1) is 26.9. The van der Waals surface area contributed by atoms with E-state index in [4.69, 9.17) is 18.9 Å². The monoisotopic (exact) mass is 515 g/mol. The van der Waals surface area contributed by atoms with E-state index in [0.29, 0.717) is 5.92 Å². The molecule has 0 aromatic heterocycles. The Balaban J connectivity index is 1.10. The minimum atomic E-state index is -0.324. The molecule has 37 heavy (non-hydrogen) atoms. The molecule has 4 heterocycles. The lowest BCUT2D eigenvalue weighted by Gasteiger charge is -2.45. The van der Waals surface area contributed by atoms with Crippen LogP contribution in [0.2, 0.25) is 0 Å². The molecule has 8 nitrogen and oxygen atoms in total. The van der Waals surface area contributed by atoms with Gasteiger partial charge in [-0.05, 0) is 91.8 Å². The van der Waals surface area contributed by atoms with Crippen LogP contribution in [0.15, 0.2) is 11.6 Å². The minimum absolute atomic E-state index is 0.0451. The fourth-order valence-corrected chi connectivity index (χ4v) is 6.92. The highest BCUT2D eigenvalue weighted by molar-refractivity contribution is 5.69. The van der Waals surface area contributed by atoms with Gasteiger partial charge in [0, 0.05) is 20.2 Å². The van der Waals surface area contributed by atoms with Crippen molar-refractivity contribution in [3.8, 4) is 6.07 Å². The van der Waals surface area contributed by atoms with E-state index in [1.807, 2.05) is 4.90 Å². The van der Waals surface area contributed by atoms with Crippen LogP contribution in [0, 0.1) is 28.6 Å². The average Bonchev–Trinajstić information content (AvgIpc) is 3.76. The highest BCUT2D eigenvalue weighted by Crippen LogP contribution is 2.59. The molecule has 1 saturated carbocycles. The average molecular weight is 516 g/mol. The quantitative estimate of drug-likeness (QED) is 0.354. The largest absolute Gasteiger partial charge is 0.443 e. The fraction of sp³-hybridized carbons (Fsp3) is 0.862. The summed E-state index contributed by atoms with van der Waals surface area (Å²) in [7, 11) is 1.72. The van der Waals surface area contributed by atoms with E-state index in [0.717, 1.165) is 77.9 Å². The number of allylic oxidation sites excluding steroid dienone is 1. The highest BCUT2D eigenvalue weighted by Gasteiger charge is 2.72. The predicted molar refractivity (Wildman–Crippen MR) is 139 cm³/mol. The van der Waals surface area contributed by atoms with E-state index >= 15 is 0 Å². The number of nitriles is 1. The number of methoxy groups -OCH3 is 1. The first-order chi connectivity index (χ1) is 17.6. The number of carbonyl (C=O) groups is 1. The standard InChI is InChI=1S/C29H45N3O5/c1-20(2)6-7-23-28(4,37-23)25-24(34-5)22(8-10-29(25)19-35-29)36-26(33)32-16-21(17-32)9-13-31-14-11-27(3,18-30)12-15-31/h6,21-25H,7-17,19H2,1-5H3/t22?,23-,24?,25?,28+,29?/m1/s1. The van der Waals surface area contributed by atoms with Crippen molar-refractivity contribution in [3.05, 3.63) is 11.6 Å². The normalized spacial score (nSPS) is 39.0. The van der Waals surface area contributed by atoms with Gasteiger partial charge in [-0.25, -0.2) is 4.79 Å². The van der Waals surface area contributed by atoms with Gasteiger partial charge in [-0.2, -0.15) is 5.26 Å². The minimum Gasteiger partial charge on any atom is -0.443 e. The van der Waals surface area contributed by atoms with Gasteiger partial charge in [0.25, 0.3) is 0 Å². The first-order valence-corrected chi connectivity index (χ1v) is 14.2. The molecule has 6 atom stereocenters. The van der Waals surface area contributed by atoms with Gasteiger partial charge in [0.2, 0.25) is 0 Å². The van der Waals surface area contributed by atoms with Crippen LogP contribution in [-0.4, -0.2) is 91.8 Å². The number of epoxide rings is 2. The second-order valence-electron chi connectivity index (χ2n) is 12.9. The van der Waals surface area contributed by atoms with Crippen molar-refractivity contribution in [1.29, 1.82) is 5.26 Å². The van der Waals surface area contributed by atoms with E-state index in [1.165, 1.54) is 5.57 Å². The van der Waals surface area contributed by atoms with Gasteiger partial charge >= 0.3 is 6.09 Å². The molecule has 4 unspecified atom stereocenters. The smallest absolute Gasteiger partial charge is 0.410 e. The van der Waals surface area contributed by atoms with Crippen LogP contribution in [0.25, 0.3) is 0 Å². The van der Waals surface area contributed by atoms with E-state index in [1.54, 1.807) is 7.11 Å². The summed E-state index contributed by atoms with van der Waals surface area (Å²) in [6, 6.07) is 2.47. The summed E-state index contributed by atoms with van der Waals surface area (Å²) in [5, 5.41) is 9.33. The molecule has 5 rings (SSSR count). The molecule has 1 spiro atoms. The van der Waals surface area contributed by atoms with Crippen molar-refractivity contribution in [2.24, 2.45) is 17.3 Å². The molecule has 5 aliphatic rings. The zero-order valence-corrected chi connectivity index (χ0v) is 23.3. The molecule has 4 aliphatic heterocycles. The van der Waals surface area contributed by atoms with Crippen LogP contribution in [0.1, 0.15) is 66.2 Å². The lowest BCUT2D eigenvalue weighted by Crippen LogP contribution is -2.57. The van der Waals surface area contributed by atoms with E-state index in [2.05, 4.69) is 44.7 Å². The molecule has 0 aromatic rings. The second kappa shape index (κ2) is 10.1. The van der Waals surface area contributed by atoms with Gasteiger partial charge in [0.15, 0.2) is 0 Å². The summed E-state index contributed by atoms with van der Waals surface area (Å²) >= 11 is 0. The number of amides is 1. The Morgan fingerprint density at radius 1 is 1.19 bits per heavy atom. The zero-order valence-electron chi connectivity index (χ0n) is 23.3. The van der Waals surface area contributed by atoms with Gasteiger partial charge in [0.05, 0.1) is 30.1 Å². The number of nitrogens with zero attached hydrogens (tertiary/aromatic N) is 3. The number of likely N-dealkylation sites (tertiary alicyclic amines) is 2. The summed E-state index contributed by atoms with van der Waals surface area (Å²) in [4.78, 5) is 17.3. The van der Waals surface area contributed by atoms with Crippen LogP contribution in [0.5, 0.6) is 0 Å². The number of hydrogen-bond acceptors (Lipinski definition) is 7. The fourth-order valence-electron chi connectivity index (χ4n) is 6.92. The Hall–Kier alpha value is -1.66. The molecule has 5 fully saturated rings. The van der Waals surface area contributed by atoms with Gasteiger partial charge in [-0.15, -0.1) is 0 Å². The molecule has 0 N–H and O–H groups in total. The van der Waals surface area contributed by atoms with Crippen LogP contribution in [0.4, 0.5) is 4.79 Å². The predicted octanol–water partition coefficient (Wildman–Crippen LogP) is 4.15. The van der Waals surface area contributed by atoms with Crippen LogP contribution in [0.3, 0.4) is 0 Å². The number of hydrogen-bond donors (Lipinski definition) is 0. The molecule has 1 aliphatic carbocycles. The van der Waals surface area contributed by atoms with Crippen molar-refractivity contribution < 1.29 is 23.7 Å². The first-order valence-electron chi connectivity index (χ1n) is 14.2. The molecule has 206 valence electrons. The maximum absolute atomic E-state index is 13.0. The van der Waals surface area contributed by atoms with Crippen molar-refractivity contribution in [2.45, 2.75) is 95.7 Å². The molecule has 0 aromatic carbocycles. The summed E-state index contributed by atoms with van der Waals surface area (Å²) in [6.07, 6.45) is 7.11. The number of carbonyl (C=O) groups excluding carboxylic acids is 1. The SMILES string of the molecule is COC1C(OC(=O)N2CC(CCN3CCC(C)(C#N)CC3)C2)CCC2(CO2)C1[C@@]1(C)O[C@@H]1CC=C(C)C. The summed E-state index contributed by atoms with van der Waals surface area (Å²) < 4.78 is 24.4. The van der Waals surface area contributed by atoms with Crippen molar-refractivity contribution in [2.75, 3.05) is 46.4 Å². The van der Waals surface area contributed by atoms with Crippen LogP contribution >= 0.6 is 0 Å². The highest BCUT2D eigenvalue weighted by atomic mass is 16.6. The summed E-state index contributed by atoms with van der Waals surface area (Å²) in [5.74, 6) is 0.565. The third-order valence-corrected chi connectivity index (χ3v) is 9.79. The van der Waals surface area contributed by atoms with E-state index in [-0.39, 0.29) is 46.9 Å². The third kappa shape index (κ3) is 5.43. The topological polar surface area (TPSA) is 90.9 Å². The van der Waals surface area contributed by atoms with E-state index < -0.39 is 0 Å². The van der Waals surface area contributed by atoms with Crippen LogP contribution < -0.4 is 0 Å². The zero-order chi connectivity index (χ0) is 26.4. The van der Waals surface area contributed by atoms with Crippen molar-refractivity contribution in [3.63, 3.8) is 0 Å². The van der Waals surface area contributed by atoms with Gasteiger partial charge < -0.3 is 28.7 Å². The maximum atomic E-state index is 13.0. The van der Waals surface area contributed by atoms with E-state index in [9.17, 15) is 10.1 Å². The van der Waals surface area contributed by atoms with Crippen LogP contribution in [-0.2, 0) is 18.9 Å². The number of piperidine rings is 1. The molecular formula is C29H45N3O5. The Labute approximate surface area is 222 Å². The Morgan fingerprint density at radius 2 is 1.89 bits per heavy atom. The lowest BCUT2D eigenvalue weighted by molar-refractivity contribution is -0.124. The molecule has 4 saturated heterocycles. The molecular weight excluding hydrogens is 470 g/mol. The van der Waals surface area contributed by atoms with Crippen molar-refractivity contribution >= 4 is 6.09 Å². The molecule has 0 radical (unpaired) electrons. The number of ether oxygens (including phenoxy) is 4. The van der Waals surface area contributed by atoms with Gasteiger partial charge in [0.1, 0.15) is 23.4 Å². The van der Waals surface area contributed by atoms with Gasteiger partial charge in [-0.3, -0.25) is 0 Å². The number of rotatable bonds is 8. The third-order valence-electron chi connectivity index (χ3n) is 9.79. The Kier molecular flexibility index (Phi) is 7.38. The van der Waals surface area contributed by atoms with Gasteiger partial charge in [-0.1, -0.05) is 11.6 Å². The molecule has 0 bridgehead atoms. The lowest BCUT2D eigenvalue weighted by atomic mass is 9.68. The second-order valence-corrected chi connectivity index (χ2v) is 12.9.